The number of carbonyl (C=O) groups is 2. The molecule has 3 N–H and O–H groups in total. The molecule has 3 aromatic carbocycles. The highest BCUT2D eigenvalue weighted by Gasteiger charge is 2.24. The fourth-order valence-corrected chi connectivity index (χ4v) is 3.93. The predicted octanol–water partition coefficient (Wildman–Crippen LogP) is 3.54. The molecule has 1 aliphatic rings. The molecule has 170 valence electrons. The van der Waals surface area contributed by atoms with Gasteiger partial charge in [-0.15, -0.1) is 0 Å². The third-order valence-corrected chi connectivity index (χ3v) is 5.82. The van der Waals surface area contributed by atoms with E-state index in [1.54, 1.807) is 29.2 Å². The number of phenolic OH excluding ortho intramolecular Hbond substituents is 2. The predicted molar refractivity (Wildman–Crippen MR) is 124 cm³/mol. The molecule has 1 saturated heterocycles. The van der Waals surface area contributed by atoms with Crippen molar-refractivity contribution in [2.45, 2.75) is 25.5 Å². The number of aliphatic hydroxyl groups excluding tert-OH is 1. The summed E-state index contributed by atoms with van der Waals surface area (Å²) in [6.07, 6.45) is 0.781. The molecule has 0 radical (unpaired) electrons. The van der Waals surface area contributed by atoms with Gasteiger partial charge in [0.1, 0.15) is 11.5 Å². The fourth-order valence-electron chi connectivity index (χ4n) is 3.93. The van der Waals surface area contributed by atoms with Crippen molar-refractivity contribution in [1.82, 2.24) is 4.90 Å². The molecule has 1 aliphatic heterocycles. The van der Waals surface area contributed by atoms with Crippen LogP contribution in [0.1, 0.15) is 39.1 Å². The van der Waals surface area contributed by atoms with E-state index in [0.717, 1.165) is 11.6 Å². The number of aromatic hydroxyl groups is 2. The summed E-state index contributed by atoms with van der Waals surface area (Å²) >= 11 is 0. The molecule has 3 aromatic rings. The van der Waals surface area contributed by atoms with E-state index in [4.69, 9.17) is 0 Å². The zero-order chi connectivity index (χ0) is 23.4. The van der Waals surface area contributed by atoms with Crippen molar-refractivity contribution in [3.8, 4) is 11.5 Å². The molecule has 0 spiro atoms. The number of piperidine rings is 1. The van der Waals surface area contributed by atoms with Crippen LogP contribution in [0.25, 0.3) is 0 Å². The topological polar surface area (TPSA) is 101 Å². The zero-order valence-electron chi connectivity index (χ0n) is 18.1. The number of rotatable bonds is 5. The molecule has 33 heavy (non-hydrogen) atoms. The van der Waals surface area contributed by atoms with E-state index in [1.165, 1.54) is 17.0 Å². The van der Waals surface area contributed by atoms with E-state index in [2.05, 4.69) is 0 Å². The highest BCUT2D eigenvalue weighted by molar-refractivity contribution is 6.08. The Morgan fingerprint density at radius 3 is 2.21 bits per heavy atom. The van der Waals surface area contributed by atoms with Gasteiger partial charge in [-0.1, -0.05) is 30.3 Å². The first-order valence-corrected chi connectivity index (χ1v) is 10.9. The molecule has 0 bridgehead atoms. The first kappa shape index (κ1) is 22.4. The second kappa shape index (κ2) is 9.75. The van der Waals surface area contributed by atoms with E-state index in [9.17, 15) is 24.9 Å². The lowest BCUT2D eigenvalue weighted by Gasteiger charge is -2.30. The maximum Gasteiger partial charge on any atom is 0.262 e. The van der Waals surface area contributed by atoms with Gasteiger partial charge in [-0.25, -0.2) is 0 Å². The number of benzene rings is 3. The molecular formula is C26H26N2O5. The summed E-state index contributed by atoms with van der Waals surface area (Å²) in [7, 11) is 0. The molecule has 1 fully saturated rings. The smallest absolute Gasteiger partial charge is 0.262 e. The quantitative estimate of drug-likeness (QED) is 0.557. The Labute approximate surface area is 192 Å². The minimum absolute atomic E-state index is 0.0655. The van der Waals surface area contributed by atoms with Gasteiger partial charge < -0.3 is 25.1 Å². The molecule has 0 saturated carbocycles. The maximum absolute atomic E-state index is 13.4. The van der Waals surface area contributed by atoms with E-state index in [1.807, 2.05) is 30.3 Å². The van der Waals surface area contributed by atoms with E-state index >= 15 is 0 Å². The van der Waals surface area contributed by atoms with Gasteiger partial charge >= 0.3 is 0 Å². The summed E-state index contributed by atoms with van der Waals surface area (Å²) in [5, 5.41) is 29.5. The number of hydrogen-bond acceptors (Lipinski definition) is 5. The van der Waals surface area contributed by atoms with E-state index in [-0.39, 0.29) is 35.6 Å². The van der Waals surface area contributed by atoms with Crippen LogP contribution in [0.4, 0.5) is 5.69 Å². The first-order valence-electron chi connectivity index (χ1n) is 10.9. The number of aliphatic hydroxyl groups is 1. The Hall–Kier alpha value is -3.84. The Morgan fingerprint density at radius 2 is 1.58 bits per heavy atom. The lowest BCUT2D eigenvalue weighted by molar-refractivity contribution is 0.0546. The summed E-state index contributed by atoms with van der Waals surface area (Å²) < 4.78 is 0. The van der Waals surface area contributed by atoms with Crippen LogP contribution in [-0.2, 0) is 6.54 Å². The monoisotopic (exact) mass is 446 g/mol. The number of carbonyl (C=O) groups excluding carboxylic acids is 2. The molecular weight excluding hydrogens is 420 g/mol. The molecule has 0 atom stereocenters. The Bertz CT molecular complexity index is 1120. The van der Waals surface area contributed by atoms with E-state index in [0.29, 0.717) is 37.2 Å². The van der Waals surface area contributed by atoms with Crippen LogP contribution in [0.5, 0.6) is 11.5 Å². The third kappa shape index (κ3) is 5.15. The molecule has 0 aromatic heterocycles. The number of phenols is 2. The summed E-state index contributed by atoms with van der Waals surface area (Å²) in [5.74, 6) is -0.977. The number of nitrogens with zero attached hydrogens (tertiary/aromatic N) is 2. The highest BCUT2D eigenvalue weighted by Crippen LogP contribution is 2.28. The van der Waals surface area contributed by atoms with Gasteiger partial charge in [0.15, 0.2) is 0 Å². The minimum atomic E-state index is -0.430. The van der Waals surface area contributed by atoms with E-state index < -0.39 is 5.91 Å². The standard InChI is InChI=1S/C26H26N2O5/c29-21-12-14-27(15-13-21)25(32)19-6-8-20(9-7-19)28(17-18-4-2-1-3-5-18)26(33)23-11-10-22(30)16-24(23)31/h1-11,16,21,29-31H,12-15,17H2. The van der Waals surface area contributed by atoms with Gasteiger partial charge in [0.05, 0.1) is 18.2 Å². The van der Waals surface area contributed by atoms with Crippen LogP contribution in [0.2, 0.25) is 0 Å². The molecule has 1 heterocycles. The molecule has 4 rings (SSSR count). The van der Waals surface area contributed by atoms with Gasteiger partial charge in [-0.2, -0.15) is 0 Å². The van der Waals surface area contributed by atoms with Gasteiger partial charge in [0, 0.05) is 30.4 Å². The van der Waals surface area contributed by atoms with Crippen LogP contribution in [0.3, 0.4) is 0 Å². The van der Waals surface area contributed by atoms with Crippen LogP contribution in [-0.4, -0.2) is 51.2 Å². The number of likely N-dealkylation sites (tertiary alicyclic amines) is 1. The highest BCUT2D eigenvalue weighted by atomic mass is 16.3. The second-order valence-corrected chi connectivity index (χ2v) is 8.15. The first-order chi connectivity index (χ1) is 15.9. The van der Waals surface area contributed by atoms with Crippen LogP contribution < -0.4 is 4.90 Å². The normalized spacial score (nSPS) is 14.2. The van der Waals surface area contributed by atoms with Crippen molar-refractivity contribution >= 4 is 17.5 Å². The molecule has 7 heteroatoms. The van der Waals surface area contributed by atoms with Crippen LogP contribution in [0, 0.1) is 0 Å². The number of amides is 2. The van der Waals surface area contributed by atoms with Crippen molar-refractivity contribution in [2.75, 3.05) is 18.0 Å². The molecule has 0 aliphatic carbocycles. The second-order valence-electron chi connectivity index (χ2n) is 8.15. The van der Waals surface area contributed by atoms with Gasteiger partial charge in [0.25, 0.3) is 11.8 Å². The van der Waals surface area contributed by atoms with Crippen molar-refractivity contribution in [3.05, 3.63) is 89.5 Å². The van der Waals surface area contributed by atoms with Gasteiger partial charge in [-0.05, 0) is 54.8 Å². The lowest BCUT2D eigenvalue weighted by atomic mass is 10.1. The Kier molecular flexibility index (Phi) is 6.60. The van der Waals surface area contributed by atoms with Crippen molar-refractivity contribution in [3.63, 3.8) is 0 Å². The lowest BCUT2D eigenvalue weighted by Crippen LogP contribution is -2.40. The Balaban J connectivity index is 1.61. The number of anilines is 1. The summed E-state index contributed by atoms with van der Waals surface area (Å²) in [6, 6.07) is 20.1. The summed E-state index contributed by atoms with van der Waals surface area (Å²) in [5.41, 5.74) is 2.04. The average molecular weight is 447 g/mol. The van der Waals surface area contributed by atoms with Crippen molar-refractivity contribution in [2.24, 2.45) is 0 Å². The Morgan fingerprint density at radius 1 is 0.909 bits per heavy atom. The van der Waals surface area contributed by atoms with Gasteiger partial charge in [-0.3, -0.25) is 9.59 Å². The van der Waals surface area contributed by atoms with Crippen molar-refractivity contribution in [1.29, 1.82) is 0 Å². The summed E-state index contributed by atoms with van der Waals surface area (Å²) in [4.78, 5) is 29.4. The molecule has 2 amide bonds. The van der Waals surface area contributed by atoms with Crippen LogP contribution >= 0.6 is 0 Å². The zero-order valence-corrected chi connectivity index (χ0v) is 18.1. The SMILES string of the molecule is O=C(c1ccc(N(Cc2ccccc2)C(=O)c2ccc(O)cc2O)cc1)N1CCC(O)CC1. The minimum Gasteiger partial charge on any atom is -0.508 e. The van der Waals surface area contributed by atoms with Crippen LogP contribution in [0.15, 0.2) is 72.8 Å². The summed E-state index contributed by atoms with van der Waals surface area (Å²) in [6.45, 7) is 1.29. The van der Waals surface area contributed by atoms with Gasteiger partial charge in [0.2, 0.25) is 0 Å². The fraction of sp³-hybridized carbons (Fsp3) is 0.231. The average Bonchev–Trinajstić information content (AvgIpc) is 2.83. The van der Waals surface area contributed by atoms with Crippen molar-refractivity contribution < 1.29 is 24.9 Å². The maximum atomic E-state index is 13.4. The third-order valence-electron chi connectivity index (χ3n) is 5.82. The molecule has 7 nitrogen and oxygen atoms in total. The number of hydrogen-bond donors (Lipinski definition) is 3. The molecule has 0 unspecified atom stereocenters. The largest absolute Gasteiger partial charge is 0.508 e.